The Morgan fingerprint density at radius 2 is 0.894 bits per heavy atom. The largest absolute Gasteiger partial charge is 0.481 e. The van der Waals surface area contributed by atoms with Crippen LogP contribution in [-0.4, -0.2) is 125 Å². The number of aliphatic carboxylic acids is 1. The fourth-order valence-corrected chi connectivity index (χ4v) is 7.44. The fourth-order valence-electron chi connectivity index (χ4n) is 7.44. The van der Waals surface area contributed by atoms with E-state index in [4.69, 9.17) is 18.9 Å². The summed E-state index contributed by atoms with van der Waals surface area (Å²) < 4.78 is 21.9. The molecular weight excluding hydrogens is 845 g/mol. The lowest BCUT2D eigenvalue weighted by Crippen LogP contribution is -2.41. The summed E-state index contributed by atoms with van der Waals surface area (Å²) >= 11 is 0. The average Bonchev–Trinajstić information content (AvgIpc) is 3.26. The minimum Gasteiger partial charge on any atom is -0.481 e. The monoisotopic (exact) mass is 941 g/mol. The SMILES string of the molecule is CCCCCCCCCCCCCCCCCC(=O)CC(CCC(=O)NCCOCCOCCC(=O)NCCOCCOCCC(=O)NCCCCC(NC(C)C)C(=O)CC(C)C)C(=O)O. The maximum atomic E-state index is 12.5. The summed E-state index contributed by atoms with van der Waals surface area (Å²) in [4.78, 5) is 73.1. The Bertz CT molecular complexity index is 1240. The van der Waals surface area contributed by atoms with E-state index in [0.717, 1.165) is 38.5 Å². The summed E-state index contributed by atoms with van der Waals surface area (Å²) in [5.41, 5.74) is 0. The number of hydrogen-bond donors (Lipinski definition) is 5. The lowest BCUT2D eigenvalue weighted by atomic mass is 9.94. The molecule has 66 heavy (non-hydrogen) atoms. The number of ether oxygens (including phenoxy) is 4. The standard InChI is InChI=1S/C51H96N4O11/c1-6-7-8-9-10-11-12-13-14-15-16-17-18-19-20-23-45(56)41-44(51(61)62)25-26-48(58)53-30-34-65-38-37-64-33-28-50(60)54-31-35-66-39-36-63-32-27-49(59)52-29-22-21-24-46(55-43(4)5)47(57)40-42(2)3/h42-44,46,55H,6-41H2,1-5H3,(H,52,59)(H,53,58)(H,54,60)(H,61,62). The van der Waals surface area contributed by atoms with Crippen molar-refractivity contribution in [3.63, 3.8) is 0 Å². The van der Waals surface area contributed by atoms with Gasteiger partial charge in [-0.1, -0.05) is 125 Å². The van der Waals surface area contributed by atoms with Crippen molar-refractivity contribution in [2.24, 2.45) is 11.8 Å². The molecular formula is C51H96N4O11. The zero-order chi connectivity index (χ0) is 48.9. The van der Waals surface area contributed by atoms with Gasteiger partial charge in [-0.2, -0.15) is 0 Å². The second kappa shape index (κ2) is 45.8. The number of carboxylic acids is 1. The minimum absolute atomic E-state index is 0.0289. The quantitative estimate of drug-likeness (QED) is 0.0368. The van der Waals surface area contributed by atoms with Crippen LogP contribution in [-0.2, 0) is 47.7 Å². The van der Waals surface area contributed by atoms with Crippen molar-refractivity contribution in [1.29, 1.82) is 0 Å². The van der Waals surface area contributed by atoms with Gasteiger partial charge in [-0.15, -0.1) is 0 Å². The fraction of sp³-hybridized carbons (Fsp3) is 0.882. The van der Waals surface area contributed by atoms with Gasteiger partial charge in [0.1, 0.15) is 11.6 Å². The van der Waals surface area contributed by atoms with Crippen LogP contribution in [0.15, 0.2) is 0 Å². The molecule has 0 aromatic rings. The first-order valence-electron chi connectivity index (χ1n) is 26.0. The Morgan fingerprint density at radius 1 is 0.455 bits per heavy atom. The Hall–Kier alpha value is -2.98. The lowest BCUT2D eigenvalue weighted by Gasteiger charge is -2.21. The summed E-state index contributed by atoms with van der Waals surface area (Å²) in [6.07, 6.45) is 22.7. The smallest absolute Gasteiger partial charge is 0.306 e. The Balaban J connectivity index is 3.68. The molecule has 2 unspecified atom stereocenters. The number of hydrogen-bond acceptors (Lipinski definition) is 11. The van der Waals surface area contributed by atoms with Gasteiger partial charge >= 0.3 is 5.97 Å². The summed E-state index contributed by atoms with van der Waals surface area (Å²) in [5.74, 6) is -1.88. The van der Waals surface area contributed by atoms with E-state index in [1.807, 2.05) is 13.8 Å². The van der Waals surface area contributed by atoms with Crippen LogP contribution in [0.4, 0.5) is 0 Å². The number of unbranched alkanes of at least 4 members (excludes halogenated alkanes) is 15. The molecule has 15 heteroatoms. The van der Waals surface area contributed by atoms with Crippen LogP contribution in [0.5, 0.6) is 0 Å². The third-order valence-electron chi connectivity index (χ3n) is 11.2. The van der Waals surface area contributed by atoms with Crippen LogP contribution < -0.4 is 21.3 Å². The van der Waals surface area contributed by atoms with E-state index in [1.54, 1.807) is 0 Å². The van der Waals surface area contributed by atoms with Crippen molar-refractivity contribution < 1.29 is 52.8 Å². The highest BCUT2D eigenvalue weighted by Gasteiger charge is 2.22. The van der Waals surface area contributed by atoms with Crippen LogP contribution in [0.25, 0.3) is 0 Å². The molecule has 0 bridgehead atoms. The van der Waals surface area contributed by atoms with Gasteiger partial charge in [0.05, 0.1) is 64.8 Å². The van der Waals surface area contributed by atoms with Gasteiger partial charge in [0, 0.05) is 64.2 Å². The van der Waals surface area contributed by atoms with Crippen LogP contribution in [0.2, 0.25) is 0 Å². The van der Waals surface area contributed by atoms with E-state index in [0.29, 0.717) is 71.5 Å². The van der Waals surface area contributed by atoms with Gasteiger partial charge in [-0.05, 0) is 38.0 Å². The van der Waals surface area contributed by atoms with Gasteiger partial charge in [0.2, 0.25) is 17.7 Å². The van der Waals surface area contributed by atoms with Crippen molar-refractivity contribution in [1.82, 2.24) is 21.3 Å². The summed E-state index contributed by atoms with van der Waals surface area (Å²) in [6.45, 7) is 14.0. The number of Topliss-reactive ketones (excluding diaryl/α,β-unsaturated/α-hetero) is 2. The molecule has 2 atom stereocenters. The van der Waals surface area contributed by atoms with Crippen LogP contribution in [0, 0.1) is 11.8 Å². The third kappa shape index (κ3) is 43.6. The molecule has 0 aliphatic rings. The molecule has 0 aromatic heterocycles. The van der Waals surface area contributed by atoms with Crippen molar-refractivity contribution in [2.45, 2.75) is 207 Å². The Labute approximate surface area is 399 Å². The molecule has 0 aromatic carbocycles. The van der Waals surface area contributed by atoms with Gasteiger partial charge < -0.3 is 45.3 Å². The Kier molecular flexibility index (Phi) is 43.7. The molecule has 0 saturated heterocycles. The molecule has 386 valence electrons. The van der Waals surface area contributed by atoms with Crippen molar-refractivity contribution in [3.05, 3.63) is 0 Å². The predicted octanol–water partition coefficient (Wildman–Crippen LogP) is 8.04. The van der Waals surface area contributed by atoms with Crippen LogP contribution in [0.3, 0.4) is 0 Å². The highest BCUT2D eigenvalue weighted by molar-refractivity contribution is 5.85. The second-order valence-corrected chi connectivity index (χ2v) is 18.4. The number of carbonyl (C=O) groups excluding carboxylic acids is 5. The van der Waals surface area contributed by atoms with E-state index in [9.17, 15) is 33.9 Å². The molecule has 0 radical (unpaired) electrons. The second-order valence-electron chi connectivity index (χ2n) is 18.4. The highest BCUT2D eigenvalue weighted by Crippen LogP contribution is 2.17. The first kappa shape index (κ1) is 63.0. The predicted molar refractivity (Wildman–Crippen MR) is 261 cm³/mol. The van der Waals surface area contributed by atoms with Gasteiger partial charge in [0.25, 0.3) is 0 Å². The normalized spacial score (nSPS) is 12.3. The van der Waals surface area contributed by atoms with Gasteiger partial charge in [0.15, 0.2) is 0 Å². The summed E-state index contributed by atoms with van der Waals surface area (Å²) in [5, 5.41) is 21.4. The number of amides is 3. The maximum Gasteiger partial charge on any atom is 0.306 e. The number of carbonyl (C=O) groups is 6. The third-order valence-corrected chi connectivity index (χ3v) is 11.2. The van der Waals surface area contributed by atoms with E-state index < -0.39 is 11.9 Å². The molecule has 0 rings (SSSR count). The van der Waals surface area contributed by atoms with Gasteiger partial charge in [-0.3, -0.25) is 28.8 Å². The van der Waals surface area contributed by atoms with E-state index in [1.165, 1.54) is 77.0 Å². The maximum absolute atomic E-state index is 12.5. The molecule has 5 N–H and O–H groups in total. The highest BCUT2D eigenvalue weighted by atomic mass is 16.5. The topological polar surface area (TPSA) is 208 Å². The molecule has 3 amide bonds. The number of carboxylic acid groups (broad SMARTS) is 1. The number of nitrogens with one attached hydrogen (secondary N) is 4. The molecule has 0 heterocycles. The summed E-state index contributed by atoms with van der Waals surface area (Å²) in [7, 11) is 0. The molecule has 0 saturated carbocycles. The summed E-state index contributed by atoms with van der Waals surface area (Å²) in [6, 6.07) is 0.101. The molecule has 0 aliphatic carbocycles. The molecule has 0 fully saturated rings. The Morgan fingerprint density at radius 3 is 1.35 bits per heavy atom. The van der Waals surface area contributed by atoms with Crippen LogP contribution in [0.1, 0.15) is 195 Å². The zero-order valence-electron chi connectivity index (χ0n) is 42.3. The average molecular weight is 941 g/mol. The molecule has 0 aliphatic heterocycles. The molecule has 15 nitrogen and oxygen atoms in total. The van der Waals surface area contributed by atoms with E-state index >= 15 is 0 Å². The van der Waals surface area contributed by atoms with Crippen LogP contribution >= 0.6 is 0 Å². The van der Waals surface area contributed by atoms with E-state index in [-0.39, 0.29) is 93.2 Å². The number of rotatable bonds is 50. The van der Waals surface area contributed by atoms with E-state index in [2.05, 4.69) is 42.0 Å². The zero-order valence-corrected chi connectivity index (χ0v) is 42.3. The lowest BCUT2D eigenvalue weighted by molar-refractivity contribution is -0.144. The number of ketones is 2. The van der Waals surface area contributed by atoms with Crippen molar-refractivity contribution in [2.75, 3.05) is 72.5 Å². The van der Waals surface area contributed by atoms with Gasteiger partial charge in [-0.25, -0.2) is 0 Å². The first-order chi connectivity index (χ1) is 31.8. The first-order valence-corrected chi connectivity index (χ1v) is 26.0. The minimum atomic E-state index is -1.04. The molecule has 0 spiro atoms. The van der Waals surface area contributed by atoms with Crippen molar-refractivity contribution >= 4 is 35.3 Å². The van der Waals surface area contributed by atoms with Crippen molar-refractivity contribution in [3.8, 4) is 0 Å².